The van der Waals surface area contributed by atoms with Crippen LogP contribution in [0.3, 0.4) is 0 Å². The van der Waals surface area contributed by atoms with Crippen molar-refractivity contribution in [2.45, 2.75) is 18.4 Å². The molecule has 3 rings (SSSR count). The average molecular weight is 308 g/mol. The number of methoxy groups -OCH3 is 1. The molecule has 0 radical (unpaired) electrons. The van der Waals surface area contributed by atoms with E-state index in [1.165, 1.54) is 7.11 Å². The van der Waals surface area contributed by atoms with E-state index in [9.17, 15) is 9.90 Å². The molecule has 0 fully saturated rings. The van der Waals surface area contributed by atoms with Crippen molar-refractivity contribution in [1.29, 1.82) is 0 Å². The second-order valence-electron chi connectivity index (χ2n) is 5.82. The van der Waals surface area contributed by atoms with Crippen molar-refractivity contribution < 1.29 is 14.6 Å². The number of carbonyl (C=O) groups excluding carboxylic acids is 1. The second kappa shape index (κ2) is 6.80. The molecule has 3 nitrogen and oxygen atoms in total. The van der Waals surface area contributed by atoms with E-state index in [4.69, 9.17) is 4.74 Å². The summed E-state index contributed by atoms with van der Waals surface area (Å²) in [7, 11) is 1.37. The first kappa shape index (κ1) is 15.5. The van der Waals surface area contributed by atoms with Gasteiger partial charge in [0.25, 0.3) is 0 Å². The molecule has 0 aliphatic heterocycles. The molecule has 0 heterocycles. The number of aliphatic hydroxyl groups is 1. The monoisotopic (exact) mass is 308 g/mol. The van der Waals surface area contributed by atoms with Gasteiger partial charge in [0.2, 0.25) is 0 Å². The van der Waals surface area contributed by atoms with Crippen molar-refractivity contribution in [3.63, 3.8) is 0 Å². The maximum absolute atomic E-state index is 12.1. The van der Waals surface area contributed by atoms with Gasteiger partial charge in [0.1, 0.15) is 0 Å². The van der Waals surface area contributed by atoms with Crippen molar-refractivity contribution in [2.24, 2.45) is 5.92 Å². The standard InChI is InChI=1S/C20H20O3/c1-23-20(22)18-13-16(14-8-4-2-5-9-14)12-17(19(18)21)15-10-6-3-7-11-15/h2-12,16,18-19,21H,13H2,1H3. The molecule has 1 N–H and O–H groups in total. The Morgan fingerprint density at radius 3 is 2.26 bits per heavy atom. The highest BCUT2D eigenvalue weighted by Crippen LogP contribution is 2.39. The van der Waals surface area contributed by atoms with E-state index in [0.717, 1.165) is 16.7 Å². The second-order valence-corrected chi connectivity index (χ2v) is 5.82. The number of carbonyl (C=O) groups is 1. The van der Waals surface area contributed by atoms with Crippen LogP contribution in [0.5, 0.6) is 0 Å². The SMILES string of the molecule is COC(=O)C1CC(c2ccccc2)C=C(c2ccccc2)C1O. The first-order valence-corrected chi connectivity index (χ1v) is 7.78. The Morgan fingerprint density at radius 2 is 1.65 bits per heavy atom. The Bertz CT molecular complexity index is 691. The van der Waals surface area contributed by atoms with Crippen LogP contribution in [0.1, 0.15) is 23.5 Å². The lowest BCUT2D eigenvalue weighted by atomic mass is 9.75. The molecular formula is C20H20O3. The summed E-state index contributed by atoms with van der Waals surface area (Å²) in [5.74, 6) is -0.829. The minimum Gasteiger partial charge on any atom is -0.469 e. The Hall–Kier alpha value is -2.39. The molecule has 3 atom stereocenters. The predicted octanol–water partition coefficient (Wildman–Crippen LogP) is 3.41. The zero-order valence-corrected chi connectivity index (χ0v) is 13.1. The minimum atomic E-state index is -0.843. The molecule has 0 aromatic heterocycles. The Kier molecular flexibility index (Phi) is 4.58. The molecule has 2 aromatic rings. The summed E-state index contributed by atoms with van der Waals surface area (Å²) >= 11 is 0. The van der Waals surface area contributed by atoms with Crippen LogP contribution >= 0.6 is 0 Å². The highest BCUT2D eigenvalue weighted by atomic mass is 16.5. The van der Waals surface area contributed by atoms with Crippen LogP contribution in [0.15, 0.2) is 66.7 Å². The van der Waals surface area contributed by atoms with Crippen molar-refractivity contribution in [2.75, 3.05) is 7.11 Å². The molecule has 3 unspecified atom stereocenters. The van der Waals surface area contributed by atoms with Gasteiger partial charge in [-0.1, -0.05) is 66.7 Å². The van der Waals surface area contributed by atoms with Crippen LogP contribution in [-0.2, 0) is 9.53 Å². The van der Waals surface area contributed by atoms with Gasteiger partial charge in [0.05, 0.1) is 19.1 Å². The van der Waals surface area contributed by atoms with Gasteiger partial charge < -0.3 is 9.84 Å². The fourth-order valence-electron chi connectivity index (χ4n) is 3.21. The number of ether oxygens (including phenoxy) is 1. The Labute approximate surface area is 136 Å². The average Bonchev–Trinajstić information content (AvgIpc) is 2.62. The molecule has 2 aromatic carbocycles. The van der Waals surface area contributed by atoms with Gasteiger partial charge in [-0.05, 0) is 23.1 Å². The number of allylic oxidation sites excluding steroid dienone is 1. The van der Waals surface area contributed by atoms with Gasteiger partial charge in [-0.3, -0.25) is 4.79 Å². The van der Waals surface area contributed by atoms with E-state index >= 15 is 0 Å². The molecule has 0 spiro atoms. The van der Waals surface area contributed by atoms with Crippen molar-refractivity contribution in [3.8, 4) is 0 Å². The summed E-state index contributed by atoms with van der Waals surface area (Å²) in [5.41, 5.74) is 2.87. The Morgan fingerprint density at radius 1 is 1.04 bits per heavy atom. The molecule has 0 amide bonds. The molecule has 1 aliphatic rings. The summed E-state index contributed by atoms with van der Waals surface area (Å²) < 4.78 is 4.90. The molecule has 23 heavy (non-hydrogen) atoms. The van der Waals surface area contributed by atoms with Crippen LogP contribution in [-0.4, -0.2) is 24.3 Å². The molecule has 3 heteroatoms. The largest absolute Gasteiger partial charge is 0.469 e. The van der Waals surface area contributed by atoms with Crippen molar-refractivity contribution in [1.82, 2.24) is 0 Å². The van der Waals surface area contributed by atoms with E-state index in [0.29, 0.717) is 6.42 Å². The highest BCUT2D eigenvalue weighted by molar-refractivity contribution is 5.81. The summed E-state index contributed by atoms with van der Waals surface area (Å²) in [6.07, 6.45) is 1.79. The van der Waals surface area contributed by atoms with E-state index in [2.05, 4.69) is 18.2 Å². The smallest absolute Gasteiger partial charge is 0.311 e. The van der Waals surface area contributed by atoms with E-state index < -0.39 is 12.0 Å². The number of rotatable bonds is 3. The van der Waals surface area contributed by atoms with Gasteiger partial charge in [0, 0.05) is 5.92 Å². The number of benzene rings is 2. The number of esters is 1. The zero-order chi connectivity index (χ0) is 16.2. The third kappa shape index (κ3) is 3.20. The predicted molar refractivity (Wildman–Crippen MR) is 89.7 cm³/mol. The van der Waals surface area contributed by atoms with Crippen LogP contribution in [0.25, 0.3) is 5.57 Å². The first-order valence-electron chi connectivity index (χ1n) is 7.78. The van der Waals surface area contributed by atoms with Gasteiger partial charge in [0.15, 0.2) is 0 Å². The molecule has 0 saturated heterocycles. The highest BCUT2D eigenvalue weighted by Gasteiger charge is 2.37. The maximum atomic E-state index is 12.1. The first-order chi connectivity index (χ1) is 11.2. The fraction of sp³-hybridized carbons (Fsp3) is 0.250. The normalized spacial score (nSPS) is 23.9. The lowest BCUT2D eigenvalue weighted by Gasteiger charge is -2.32. The molecule has 0 saturated carbocycles. The molecule has 1 aliphatic carbocycles. The van der Waals surface area contributed by atoms with E-state index in [1.807, 2.05) is 48.5 Å². The van der Waals surface area contributed by atoms with Crippen molar-refractivity contribution >= 4 is 11.5 Å². The summed E-state index contributed by atoms with van der Waals surface area (Å²) in [5, 5.41) is 10.7. The van der Waals surface area contributed by atoms with Gasteiger partial charge in [-0.15, -0.1) is 0 Å². The number of hydrogen-bond donors (Lipinski definition) is 1. The Balaban J connectivity index is 2.03. The molecular weight excluding hydrogens is 288 g/mol. The number of hydrogen-bond acceptors (Lipinski definition) is 3. The molecule has 118 valence electrons. The van der Waals surface area contributed by atoms with Crippen LogP contribution < -0.4 is 0 Å². The summed E-state index contributed by atoms with van der Waals surface area (Å²) in [6.45, 7) is 0. The quantitative estimate of drug-likeness (QED) is 0.884. The topological polar surface area (TPSA) is 46.5 Å². The third-order valence-electron chi connectivity index (χ3n) is 4.43. The summed E-state index contributed by atoms with van der Waals surface area (Å²) in [4.78, 5) is 12.1. The molecule has 0 bridgehead atoms. The van der Waals surface area contributed by atoms with Crippen LogP contribution in [0.4, 0.5) is 0 Å². The minimum absolute atomic E-state index is 0.0823. The number of aliphatic hydroxyl groups excluding tert-OH is 1. The third-order valence-corrected chi connectivity index (χ3v) is 4.43. The zero-order valence-electron chi connectivity index (χ0n) is 13.1. The van der Waals surface area contributed by atoms with Gasteiger partial charge >= 0.3 is 5.97 Å². The van der Waals surface area contributed by atoms with Gasteiger partial charge in [-0.25, -0.2) is 0 Å². The van der Waals surface area contributed by atoms with Gasteiger partial charge in [-0.2, -0.15) is 0 Å². The van der Waals surface area contributed by atoms with Crippen LogP contribution in [0.2, 0.25) is 0 Å². The fourth-order valence-corrected chi connectivity index (χ4v) is 3.21. The van der Waals surface area contributed by atoms with E-state index in [1.54, 1.807) is 0 Å². The lowest BCUT2D eigenvalue weighted by Crippen LogP contribution is -2.34. The van der Waals surface area contributed by atoms with Crippen molar-refractivity contribution in [3.05, 3.63) is 77.9 Å². The van der Waals surface area contributed by atoms with Crippen LogP contribution in [0, 0.1) is 5.92 Å². The maximum Gasteiger partial charge on any atom is 0.311 e. The lowest BCUT2D eigenvalue weighted by molar-refractivity contribution is -0.148. The van der Waals surface area contributed by atoms with E-state index in [-0.39, 0.29) is 11.9 Å². The summed E-state index contributed by atoms with van der Waals surface area (Å²) in [6, 6.07) is 19.8.